The van der Waals surface area contributed by atoms with Crippen LogP contribution in [0.3, 0.4) is 0 Å². The van der Waals surface area contributed by atoms with Crippen LogP contribution < -0.4 is 0 Å². The third-order valence-electron chi connectivity index (χ3n) is 4.06. The quantitative estimate of drug-likeness (QED) is 0.899. The van der Waals surface area contributed by atoms with Crippen LogP contribution in [0.25, 0.3) is 10.9 Å². The summed E-state index contributed by atoms with van der Waals surface area (Å²) in [5.41, 5.74) is 4.85. The second-order valence-electron chi connectivity index (χ2n) is 5.60. The summed E-state index contributed by atoms with van der Waals surface area (Å²) < 4.78 is 2.13. The lowest BCUT2D eigenvalue weighted by Crippen LogP contribution is -2.04. The molecular formula is C17H23NO2. The number of carbonyl (C=O) groups is 1. The minimum Gasteiger partial charge on any atom is -0.478 e. The van der Waals surface area contributed by atoms with Gasteiger partial charge in [0.25, 0.3) is 0 Å². The Balaban J connectivity index is 2.99. The zero-order chi connectivity index (χ0) is 15.0. The van der Waals surface area contributed by atoms with Crippen LogP contribution in [0.1, 0.15) is 60.8 Å². The van der Waals surface area contributed by atoms with Crippen LogP contribution in [0.5, 0.6) is 0 Å². The minimum atomic E-state index is -0.840. The molecule has 0 atom stereocenters. The van der Waals surface area contributed by atoms with Crippen molar-refractivity contribution in [2.24, 2.45) is 0 Å². The van der Waals surface area contributed by atoms with E-state index >= 15 is 0 Å². The van der Waals surface area contributed by atoms with Crippen LogP contribution in [0.4, 0.5) is 0 Å². The monoisotopic (exact) mass is 273 g/mol. The molecule has 0 aliphatic carbocycles. The van der Waals surface area contributed by atoms with E-state index in [2.05, 4.69) is 45.3 Å². The maximum Gasteiger partial charge on any atom is 0.337 e. The van der Waals surface area contributed by atoms with E-state index in [0.717, 1.165) is 29.4 Å². The van der Waals surface area contributed by atoms with Crippen molar-refractivity contribution in [2.75, 3.05) is 0 Å². The predicted molar refractivity (Wildman–Crippen MR) is 82.8 cm³/mol. The lowest BCUT2D eigenvalue weighted by Gasteiger charge is -2.08. The zero-order valence-electron chi connectivity index (χ0n) is 12.9. The largest absolute Gasteiger partial charge is 0.478 e. The van der Waals surface area contributed by atoms with E-state index in [4.69, 9.17) is 0 Å². The second kappa shape index (κ2) is 5.31. The van der Waals surface area contributed by atoms with Gasteiger partial charge in [0, 0.05) is 17.6 Å². The van der Waals surface area contributed by atoms with Gasteiger partial charge in [-0.3, -0.25) is 0 Å². The molecule has 2 rings (SSSR count). The molecule has 1 aromatic carbocycles. The number of nitrogens with zero attached hydrogens (tertiary/aromatic N) is 1. The first-order valence-electron chi connectivity index (χ1n) is 7.31. The van der Waals surface area contributed by atoms with Crippen molar-refractivity contribution in [3.8, 4) is 0 Å². The summed E-state index contributed by atoms with van der Waals surface area (Å²) in [5, 5.41) is 10.7. The van der Waals surface area contributed by atoms with Gasteiger partial charge < -0.3 is 9.67 Å². The van der Waals surface area contributed by atoms with Crippen molar-refractivity contribution >= 4 is 16.9 Å². The summed E-state index contributed by atoms with van der Waals surface area (Å²) in [6, 6.07) is 3.98. The van der Waals surface area contributed by atoms with Crippen molar-refractivity contribution in [3.63, 3.8) is 0 Å². The Kier molecular flexibility index (Phi) is 3.89. The molecule has 108 valence electrons. The molecule has 0 aliphatic rings. The van der Waals surface area contributed by atoms with Gasteiger partial charge in [-0.2, -0.15) is 0 Å². The van der Waals surface area contributed by atoms with E-state index in [1.807, 2.05) is 6.07 Å². The van der Waals surface area contributed by atoms with Crippen molar-refractivity contribution in [1.29, 1.82) is 0 Å². The number of benzene rings is 1. The highest BCUT2D eigenvalue weighted by Gasteiger charge is 2.21. The standard InChI is InChI=1S/C17H23NO2/c1-6-12-8-13-15(10(3)4)11(5)18(7-2)16(13)14(9-12)17(19)20/h8-10H,6-7H2,1-5H3,(H,19,20). The molecule has 20 heavy (non-hydrogen) atoms. The van der Waals surface area contributed by atoms with Crippen molar-refractivity contribution in [3.05, 3.63) is 34.5 Å². The van der Waals surface area contributed by atoms with Crippen molar-refractivity contribution < 1.29 is 9.90 Å². The molecule has 1 aromatic heterocycles. The average Bonchev–Trinajstić information content (AvgIpc) is 2.68. The SMILES string of the molecule is CCc1cc(C(=O)O)c2c(c1)c(C(C)C)c(C)n2CC. The number of hydrogen-bond donors (Lipinski definition) is 1. The van der Waals surface area contributed by atoms with E-state index in [1.54, 1.807) is 0 Å². The van der Waals surface area contributed by atoms with Gasteiger partial charge in [-0.1, -0.05) is 20.8 Å². The van der Waals surface area contributed by atoms with Gasteiger partial charge >= 0.3 is 5.97 Å². The number of rotatable bonds is 4. The highest BCUT2D eigenvalue weighted by atomic mass is 16.4. The van der Waals surface area contributed by atoms with E-state index in [-0.39, 0.29) is 0 Å². The van der Waals surface area contributed by atoms with Crippen LogP contribution >= 0.6 is 0 Å². The van der Waals surface area contributed by atoms with Gasteiger partial charge in [0.05, 0.1) is 11.1 Å². The molecule has 0 aliphatic heterocycles. The topological polar surface area (TPSA) is 42.2 Å². The number of fused-ring (bicyclic) bond motifs is 1. The summed E-state index contributed by atoms with van der Waals surface area (Å²) in [5.74, 6) is -0.452. The maximum absolute atomic E-state index is 11.6. The molecule has 0 unspecified atom stereocenters. The highest BCUT2D eigenvalue weighted by molar-refractivity contribution is 6.04. The third-order valence-corrected chi connectivity index (χ3v) is 4.06. The Morgan fingerprint density at radius 1 is 1.30 bits per heavy atom. The van der Waals surface area contributed by atoms with Crippen LogP contribution in [-0.4, -0.2) is 15.6 Å². The number of aromatic nitrogens is 1. The molecular weight excluding hydrogens is 250 g/mol. The molecule has 0 saturated heterocycles. The Labute approximate surface area is 120 Å². The molecule has 2 aromatic rings. The molecule has 1 N–H and O–H groups in total. The number of aromatic carboxylic acids is 1. The van der Waals surface area contributed by atoms with Gasteiger partial charge in [-0.15, -0.1) is 0 Å². The first-order valence-corrected chi connectivity index (χ1v) is 7.31. The van der Waals surface area contributed by atoms with Gasteiger partial charge in [0.1, 0.15) is 0 Å². The first kappa shape index (κ1) is 14.6. The van der Waals surface area contributed by atoms with Gasteiger partial charge in [0.15, 0.2) is 0 Å². The molecule has 0 spiro atoms. The Morgan fingerprint density at radius 2 is 1.95 bits per heavy atom. The van der Waals surface area contributed by atoms with Crippen LogP contribution in [0.15, 0.2) is 12.1 Å². The van der Waals surface area contributed by atoms with E-state index in [1.165, 1.54) is 11.3 Å². The Hall–Kier alpha value is -1.77. The summed E-state index contributed by atoms with van der Waals surface area (Å²) in [4.78, 5) is 11.6. The first-order chi connectivity index (χ1) is 9.42. The molecule has 3 nitrogen and oxygen atoms in total. The maximum atomic E-state index is 11.6. The third kappa shape index (κ3) is 2.11. The normalized spacial score (nSPS) is 11.5. The van der Waals surface area contributed by atoms with Crippen LogP contribution in [0.2, 0.25) is 0 Å². The zero-order valence-corrected chi connectivity index (χ0v) is 12.9. The summed E-state index contributed by atoms with van der Waals surface area (Å²) in [6.45, 7) is 11.3. The van der Waals surface area contributed by atoms with Gasteiger partial charge in [-0.25, -0.2) is 4.79 Å². The Morgan fingerprint density at radius 3 is 2.40 bits per heavy atom. The minimum absolute atomic E-state index is 0.388. The van der Waals surface area contributed by atoms with Crippen molar-refractivity contribution in [2.45, 2.75) is 53.5 Å². The second-order valence-corrected chi connectivity index (χ2v) is 5.60. The molecule has 0 fully saturated rings. The average molecular weight is 273 g/mol. The molecule has 1 heterocycles. The lowest BCUT2D eigenvalue weighted by molar-refractivity contribution is 0.0698. The predicted octanol–water partition coefficient (Wildman–Crippen LogP) is 4.35. The van der Waals surface area contributed by atoms with Gasteiger partial charge in [-0.05, 0) is 49.4 Å². The highest BCUT2D eigenvalue weighted by Crippen LogP contribution is 2.34. The number of aryl methyl sites for hydroxylation is 2. The smallest absolute Gasteiger partial charge is 0.337 e. The fourth-order valence-electron chi connectivity index (χ4n) is 3.19. The number of carboxylic acid groups (broad SMARTS) is 1. The van der Waals surface area contributed by atoms with E-state index in [9.17, 15) is 9.90 Å². The van der Waals surface area contributed by atoms with E-state index < -0.39 is 5.97 Å². The molecule has 0 radical (unpaired) electrons. The molecule has 3 heteroatoms. The summed E-state index contributed by atoms with van der Waals surface area (Å²) in [6.07, 6.45) is 0.851. The van der Waals surface area contributed by atoms with Crippen molar-refractivity contribution in [1.82, 2.24) is 4.57 Å². The number of carboxylic acids is 1. The summed E-state index contributed by atoms with van der Waals surface area (Å²) >= 11 is 0. The summed E-state index contributed by atoms with van der Waals surface area (Å²) in [7, 11) is 0. The number of hydrogen-bond acceptors (Lipinski definition) is 1. The van der Waals surface area contributed by atoms with Crippen LogP contribution in [0, 0.1) is 6.92 Å². The lowest BCUT2D eigenvalue weighted by atomic mass is 9.96. The molecule has 0 bridgehead atoms. The fraction of sp³-hybridized carbons (Fsp3) is 0.471. The van der Waals surface area contributed by atoms with Crippen LogP contribution in [-0.2, 0) is 13.0 Å². The molecule has 0 amide bonds. The fourth-order valence-corrected chi connectivity index (χ4v) is 3.19. The molecule has 0 saturated carbocycles. The van der Waals surface area contributed by atoms with Gasteiger partial charge in [0.2, 0.25) is 0 Å². The Bertz CT molecular complexity index is 665. The van der Waals surface area contributed by atoms with E-state index in [0.29, 0.717) is 11.5 Å².